The number of hydrogen-bond acceptors (Lipinski definition) is 4. The molecule has 74 valence electrons. The number of thiophene rings is 1. The Hall–Kier alpha value is -1.03. The van der Waals surface area contributed by atoms with Crippen LogP contribution in [0.2, 0.25) is 0 Å². The summed E-state index contributed by atoms with van der Waals surface area (Å²) in [7, 11) is 0. The maximum atomic E-state index is 5.35. The van der Waals surface area contributed by atoms with Crippen molar-refractivity contribution in [2.75, 3.05) is 13.2 Å². The molecule has 1 aromatic heterocycles. The number of amidine groups is 1. The minimum atomic E-state index is 0.432. The van der Waals surface area contributed by atoms with Crippen LogP contribution in [0.4, 0.5) is 0 Å². The molecule has 0 amide bonds. The number of nitrogens with zero attached hydrogens (tertiary/aromatic N) is 1. The Labute approximate surface area is 86.8 Å². The molecule has 3 nitrogen and oxygen atoms in total. The lowest BCUT2D eigenvalue weighted by Crippen LogP contribution is -2.26. The summed E-state index contributed by atoms with van der Waals surface area (Å²) in [6.07, 6.45) is 2.36. The smallest absolute Gasteiger partial charge is 0.285 e. The van der Waals surface area contributed by atoms with Gasteiger partial charge >= 0.3 is 0 Å². The molecule has 0 aromatic carbocycles. The molecule has 0 fully saturated rings. The molecule has 0 saturated carbocycles. The highest BCUT2D eigenvalue weighted by Gasteiger charge is 2.25. The lowest BCUT2D eigenvalue weighted by Gasteiger charge is -2.12. The van der Waals surface area contributed by atoms with Gasteiger partial charge in [0, 0.05) is 4.88 Å². The average molecular weight is 208 g/mol. The minimum Gasteiger partial charge on any atom is -0.463 e. The fourth-order valence-electron chi connectivity index (χ4n) is 2.00. The highest BCUT2D eigenvalue weighted by Crippen LogP contribution is 2.35. The first kappa shape index (κ1) is 8.29. The number of fused-ring (bicyclic) bond motifs is 1. The zero-order chi connectivity index (χ0) is 9.38. The Morgan fingerprint density at radius 2 is 2.57 bits per heavy atom. The van der Waals surface area contributed by atoms with Gasteiger partial charge < -0.3 is 10.1 Å². The van der Waals surface area contributed by atoms with Gasteiger partial charge in [-0.05, 0) is 29.9 Å². The van der Waals surface area contributed by atoms with E-state index in [1.807, 2.05) is 11.3 Å². The quantitative estimate of drug-likeness (QED) is 0.762. The van der Waals surface area contributed by atoms with Crippen LogP contribution in [0.5, 0.6) is 0 Å². The molecular formula is C10H12N2OS. The first-order chi connectivity index (χ1) is 6.93. The van der Waals surface area contributed by atoms with Gasteiger partial charge in [-0.15, -0.1) is 11.3 Å². The summed E-state index contributed by atoms with van der Waals surface area (Å²) < 4.78 is 5.35. The maximum Gasteiger partial charge on any atom is 0.285 e. The van der Waals surface area contributed by atoms with Gasteiger partial charge in [0.25, 0.3) is 6.02 Å². The lowest BCUT2D eigenvalue weighted by atomic mass is 10.3. The topological polar surface area (TPSA) is 33.6 Å². The molecule has 1 aliphatic heterocycles. The number of rotatable bonds is 1. The number of ether oxygens (including phenoxy) is 1. The van der Waals surface area contributed by atoms with Crippen LogP contribution in [0.3, 0.4) is 0 Å². The summed E-state index contributed by atoms with van der Waals surface area (Å²) >= 11 is 1.83. The van der Waals surface area contributed by atoms with E-state index in [1.165, 1.54) is 23.3 Å². The van der Waals surface area contributed by atoms with Crippen molar-refractivity contribution in [2.24, 2.45) is 4.99 Å². The molecule has 0 radical (unpaired) electrons. The summed E-state index contributed by atoms with van der Waals surface area (Å²) in [5.41, 5.74) is 1.49. The fraction of sp³-hybridized carbons (Fsp3) is 0.500. The van der Waals surface area contributed by atoms with E-state index < -0.39 is 0 Å². The van der Waals surface area contributed by atoms with Crippen LogP contribution in [-0.4, -0.2) is 19.2 Å². The molecule has 0 spiro atoms. The van der Waals surface area contributed by atoms with E-state index in [0.29, 0.717) is 6.04 Å². The van der Waals surface area contributed by atoms with Crippen molar-refractivity contribution >= 4 is 17.4 Å². The molecule has 2 aliphatic rings. The van der Waals surface area contributed by atoms with Crippen LogP contribution >= 0.6 is 11.3 Å². The van der Waals surface area contributed by atoms with Crippen LogP contribution in [0.15, 0.2) is 16.4 Å². The van der Waals surface area contributed by atoms with E-state index in [2.05, 4.69) is 21.8 Å². The van der Waals surface area contributed by atoms with Gasteiger partial charge in [-0.1, -0.05) is 0 Å². The van der Waals surface area contributed by atoms with Gasteiger partial charge in [0.1, 0.15) is 6.61 Å². The Balaban J connectivity index is 1.75. The van der Waals surface area contributed by atoms with E-state index in [9.17, 15) is 0 Å². The standard InChI is InChI=1S/C10H12N2OS/c1-2-8(9-7(1)3-6-14-9)12-10-11-4-5-13-10/h3,6,8H,1-2,4-5H2,(H,11,12). The molecule has 1 unspecified atom stereocenters. The molecule has 1 N–H and O–H groups in total. The van der Waals surface area contributed by atoms with Crippen molar-refractivity contribution in [3.05, 3.63) is 21.9 Å². The SMILES string of the molecule is c1cc2c(s1)C(NC1=NCCO1)CC2. The first-order valence-corrected chi connectivity index (χ1v) is 5.81. The van der Waals surface area contributed by atoms with Crippen LogP contribution in [-0.2, 0) is 11.2 Å². The van der Waals surface area contributed by atoms with Crippen molar-refractivity contribution in [1.82, 2.24) is 5.32 Å². The molecule has 0 bridgehead atoms. The number of hydrogen-bond donors (Lipinski definition) is 1. The zero-order valence-corrected chi connectivity index (χ0v) is 8.64. The van der Waals surface area contributed by atoms with Gasteiger partial charge in [-0.3, -0.25) is 0 Å². The largest absolute Gasteiger partial charge is 0.463 e. The molecule has 14 heavy (non-hydrogen) atoms. The van der Waals surface area contributed by atoms with Crippen LogP contribution < -0.4 is 5.32 Å². The molecule has 4 heteroatoms. The van der Waals surface area contributed by atoms with Crippen LogP contribution in [0.25, 0.3) is 0 Å². The van der Waals surface area contributed by atoms with Gasteiger partial charge in [-0.25, -0.2) is 4.99 Å². The van der Waals surface area contributed by atoms with Crippen LogP contribution in [0, 0.1) is 0 Å². The first-order valence-electron chi connectivity index (χ1n) is 4.93. The lowest BCUT2D eigenvalue weighted by molar-refractivity contribution is 0.325. The highest BCUT2D eigenvalue weighted by molar-refractivity contribution is 7.10. The summed E-state index contributed by atoms with van der Waals surface area (Å²) in [6.45, 7) is 1.53. The molecule has 2 heterocycles. The Kier molecular flexibility index (Phi) is 1.94. The van der Waals surface area contributed by atoms with Gasteiger partial charge in [0.05, 0.1) is 12.6 Å². The molecule has 0 saturated heterocycles. The van der Waals surface area contributed by atoms with E-state index in [0.717, 1.165) is 19.2 Å². The van der Waals surface area contributed by atoms with Gasteiger partial charge in [-0.2, -0.15) is 0 Å². The van der Waals surface area contributed by atoms with Crippen molar-refractivity contribution in [3.8, 4) is 0 Å². The van der Waals surface area contributed by atoms with Gasteiger partial charge in [0.2, 0.25) is 0 Å². The minimum absolute atomic E-state index is 0.432. The number of aryl methyl sites for hydroxylation is 1. The monoisotopic (exact) mass is 208 g/mol. The second-order valence-corrected chi connectivity index (χ2v) is 4.53. The average Bonchev–Trinajstić information content (AvgIpc) is 2.85. The molecule has 1 aliphatic carbocycles. The van der Waals surface area contributed by atoms with E-state index >= 15 is 0 Å². The maximum absolute atomic E-state index is 5.35. The summed E-state index contributed by atoms with van der Waals surface area (Å²) in [4.78, 5) is 5.71. The van der Waals surface area contributed by atoms with Crippen molar-refractivity contribution in [1.29, 1.82) is 0 Å². The number of aliphatic imine (C=N–C) groups is 1. The summed E-state index contributed by atoms with van der Waals surface area (Å²) in [6, 6.07) is 3.39. The van der Waals surface area contributed by atoms with Crippen molar-refractivity contribution in [2.45, 2.75) is 18.9 Å². The molecule has 1 aromatic rings. The second kappa shape index (κ2) is 3.28. The van der Waals surface area contributed by atoms with Gasteiger partial charge in [0.15, 0.2) is 0 Å². The fourth-order valence-corrected chi connectivity index (χ4v) is 3.04. The number of nitrogens with one attached hydrogen (secondary N) is 1. The van der Waals surface area contributed by atoms with Crippen molar-refractivity contribution in [3.63, 3.8) is 0 Å². The summed E-state index contributed by atoms with van der Waals surface area (Å²) in [5.74, 6) is 0. The van der Waals surface area contributed by atoms with E-state index in [1.54, 1.807) is 0 Å². The molecular weight excluding hydrogens is 196 g/mol. The Bertz CT molecular complexity index is 372. The van der Waals surface area contributed by atoms with E-state index in [-0.39, 0.29) is 0 Å². The zero-order valence-electron chi connectivity index (χ0n) is 7.82. The third kappa shape index (κ3) is 1.30. The highest BCUT2D eigenvalue weighted by atomic mass is 32.1. The van der Waals surface area contributed by atoms with E-state index in [4.69, 9.17) is 4.74 Å². The van der Waals surface area contributed by atoms with Crippen molar-refractivity contribution < 1.29 is 4.74 Å². The molecule has 3 rings (SSSR count). The third-order valence-corrected chi connectivity index (χ3v) is 3.76. The predicted molar refractivity (Wildman–Crippen MR) is 56.8 cm³/mol. The Morgan fingerprint density at radius 3 is 3.43 bits per heavy atom. The normalized spacial score (nSPS) is 24.3. The second-order valence-electron chi connectivity index (χ2n) is 3.58. The Morgan fingerprint density at radius 1 is 1.57 bits per heavy atom. The molecule has 1 atom stereocenters. The third-order valence-electron chi connectivity index (χ3n) is 2.68. The van der Waals surface area contributed by atoms with Crippen LogP contribution in [0.1, 0.15) is 22.9 Å². The predicted octanol–water partition coefficient (Wildman–Crippen LogP) is 1.71. The summed E-state index contributed by atoms with van der Waals surface area (Å²) in [5, 5.41) is 5.52.